The molecule has 5 heteroatoms. The molecule has 0 aromatic heterocycles. The number of hydrogen-bond acceptors (Lipinski definition) is 4. The second-order valence-electron chi connectivity index (χ2n) is 3.87. The molecule has 0 aliphatic rings. The van der Waals surface area contributed by atoms with E-state index >= 15 is 0 Å². The third kappa shape index (κ3) is 2.74. The molecule has 1 N–H and O–H groups in total. The van der Waals surface area contributed by atoms with Crippen LogP contribution >= 0.6 is 0 Å². The maximum absolute atomic E-state index is 10.8. The molecule has 0 saturated heterocycles. The van der Waals surface area contributed by atoms with Crippen LogP contribution in [0.15, 0.2) is 42.5 Å². The lowest BCUT2D eigenvalue weighted by atomic mass is 10.1. The summed E-state index contributed by atoms with van der Waals surface area (Å²) in [6.07, 6.45) is 0. The summed E-state index contributed by atoms with van der Waals surface area (Å²) >= 11 is 0. The minimum atomic E-state index is -1.11. The van der Waals surface area contributed by atoms with E-state index < -0.39 is 5.97 Å². The van der Waals surface area contributed by atoms with Crippen LogP contribution in [0.4, 0.5) is 0 Å². The number of nitrogens with zero attached hydrogens (tertiary/aromatic N) is 2. The van der Waals surface area contributed by atoms with Gasteiger partial charge in [-0.1, -0.05) is 0 Å². The molecule has 0 heterocycles. The SMILES string of the molecule is N#Cc1ccc(Oc2ccc(C(=O)O)cc2C#N)cc1. The molecule has 0 amide bonds. The number of carboxylic acids is 1. The predicted molar refractivity (Wildman–Crippen MR) is 69.3 cm³/mol. The quantitative estimate of drug-likeness (QED) is 0.919. The first-order chi connectivity index (χ1) is 9.63. The van der Waals surface area contributed by atoms with E-state index in [2.05, 4.69) is 0 Å². The van der Waals surface area contributed by atoms with Crippen molar-refractivity contribution in [2.45, 2.75) is 0 Å². The number of nitriles is 2. The van der Waals surface area contributed by atoms with Crippen molar-refractivity contribution >= 4 is 5.97 Å². The highest BCUT2D eigenvalue weighted by atomic mass is 16.5. The Balaban J connectivity index is 2.31. The van der Waals surface area contributed by atoms with Gasteiger partial charge in [0.2, 0.25) is 0 Å². The molecule has 5 nitrogen and oxygen atoms in total. The van der Waals surface area contributed by atoms with Crippen molar-refractivity contribution in [2.75, 3.05) is 0 Å². The fraction of sp³-hybridized carbons (Fsp3) is 0. The number of hydrogen-bond donors (Lipinski definition) is 1. The molecule has 96 valence electrons. The van der Waals surface area contributed by atoms with E-state index in [4.69, 9.17) is 20.4 Å². The van der Waals surface area contributed by atoms with Gasteiger partial charge in [0.25, 0.3) is 0 Å². The highest BCUT2D eigenvalue weighted by Gasteiger charge is 2.10. The molecule has 0 aliphatic heterocycles. The first kappa shape index (κ1) is 13.1. The molecule has 2 aromatic rings. The van der Waals surface area contributed by atoms with Gasteiger partial charge in [-0.3, -0.25) is 0 Å². The average Bonchev–Trinajstić information content (AvgIpc) is 2.48. The Bertz CT molecular complexity index is 737. The lowest BCUT2D eigenvalue weighted by molar-refractivity contribution is 0.0697. The van der Waals surface area contributed by atoms with Gasteiger partial charge in [-0.25, -0.2) is 4.79 Å². The van der Waals surface area contributed by atoms with Crippen LogP contribution in [0.5, 0.6) is 11.5 Å². The zero-order chi connectivity index (χ0) is 14.5. The van der Waals surface area contributed by atoms with E-state index in [0.717, 1.165) is 0 Å². The maximum atomic E-state index is 10.8. The maximum Gasteiger partial charge on any atom is 0.335 e. The topological polar surface area (TPSA) is 94.1 Å². The van der Waals surface area contributed by atoms with Gasteiger partial charge >= 0.3 is 5.97 Å². The van der Waals surface area contributed by atoms with Crippen LogP contribution < -0.4 is 4.74 Å². The molecular weight excluding hydrogens is 256 g/mol. The summed E-state index contributed by atoms with van der Waals surface area (Å²) in [5.74, 6) is -0.378. The first-order valence-corrected chi connectivity index (χ1v) is 5.59. The number of benzene rings is 2. The normalized spacial score (nSPS) is 9.30. The Hall–Kier alpha value is -3.31. The summed E-state index contributed by atoms with van der Waals surface area (Å²) in [6.45, 7) is 0. The Morgan fingerprint density at radius 3 is 2.30 bits per heavy atom. The molecule has 0 spiro atoms. The van der Waals surface area contributed by atoms with Gasteiger partial charge in [0.05, 0.1) is 22.8 Å². The Kier molecular flexibility index (Phi) is 3.65. The van der Waals surface area contributed by atoms with Crippen molar-refractivity contribution in [3.8, 4) is 23.6 Å². The Morgan fingerprint density at radius 2 is 1.75 bits per heavy atom. The molecule has 0 aliphatic carbocycles. The fourth-order valence-electron chi connectivity index (χ4n) is 1.56. The Labute approximate surface area is 114 Å². The van der Waals surface area contributed by atoms with E-state index in [1.54, 1.807) is 24.3 Å². The van der Waals surface area contributed by atoms with Gasteiger partial charge < -0.3 is 9.84 Å². The van der Waals surface area contributed by atoms with Gasteiger partial charge in [-0.2, -0.15) is 10.5 Å². The van der Waals surface area contributed by atoms with Crippen LogP contribution in [-0.4, -0.2) is 11.1 Å². The number of aromatic carboxylic acids is 1. The molecule has 0 atom stereocenters. The smallest absolute Gasteiger partial charge is 0.335 e. The largest absolute Gasteiger partial charge is 0.478 e. The van der Waals surface area contributed by atoms with Crippen molar-refractivity contribution in [3.63, 3.8) is 0 Å². The molecule has 0 fully saturated rings. The number of rotatable bonds is 3. The summed E-state index contributed by atoms with van der Waals surface area (Å²) in [7, 11) is 0. The number of ether oxygens (including phenoxy) is 1. The van der Waals surface area contributed by atoms with Crippen LogP contribution in [0, 0.1) is 22.7 Å². The van der Waals surface area contributed by atoms with Crippen molar-refractivity contribution in [1.29, 1.82) is 10.5 Å². The number of carbonyl (C=O) groups is 1. The molecule has 20 heavy (non-hydrogen) atoms. The van der Waals surface area contributed by atoms with E-state index in [1.807, 2.05) is 12.1 Å². The van der Waals surface area contributed by atoms with E-state index in [0.29, 0.717) is 11.3 Å². The highest BCUT2D eigenvalue weighted by Crippen LogP contribution is 2.26. The van der Waals surface area contributed by atoms with Gasteiger partial charge in [-0.05, 0) is 42.5 Å². The zero-order valence-corrected chi connectivity index (χ0v) is 10.2. The lowest BCUT2D eigenvalue weighted by Gasteiger charge is -2.07. The van der Waals surface area contributed by atoms with Crippen LogP contribution in [0.25, 0.3) is 0 Å². The molecule has 2 aromatic carbocycles. The molecule has 0 radical (unpaired) electrons. The average molecular weight is 264 g/mol. The van der Waals surface area contributed by atoms with Crippen LogP contribution in [-0.2, 0) is 0 Å². The van der Waals surface area contributed by atoms with Crippen molar-refractivity contribution < 1.29 is 14.6 Å². The monoisotopic (exact) mass is 264 g/mol. The van der Waals surface area contributed by atoms with E-state index in [1.165, 1.54) is 18.2 Å². The molecule has 2 rings (SSSR count). The van der Waals surface area contributed by atoms with Gasteiger partial charge in [0, 0.05) is 0 Å². The minimum absolute atomic E-state index is 0.0220. The standard InChI is InChI=1S/C15H8N2O3/c16-8-10-1-4-13(5-2-10)20-14-6-3-11(15(18)19)7-12(14)9-17/h1-7H,(H,18,19). The predicted octanol–water partition coefficient (Wildman–Crippen LogP) is 2.92. The summed E-state index contributed by atoms with van der Waals surface area (Å²) < 4.78 is 5.51. The molecule has 0 unspecified atom stereocenters. The highest BCUT2D eigenvalue weighted by molar-refractivity contribution is 5.88. The van der Waals surface area contributed by atoms with Crippen molar-refractivity contribution in [2.24, 2.45) is 0 Å². The minimum Gasteiger partial charge on any atom is -0.478 e. The van der Waals surface area contributed by atoms with Crippen LogP contribution in [0.3, 0.4) is 0 Å². The van der Waals surface area contributed by atoms with Crippen LogP contribution in [0.2, 0.25) is 0 Å². The lowest BCUT2D eigenvalue weighted by Crippen LogP contribution is -1.98. The Morgan fingerprint density at radius 1 is 1.05 bits per heavy atom. The van der Waals surface area contributed by atoms with Gasteiger partial charge in [0.1, 0.15) is 17.6 Å². The van der Waals surface area contributed by atoms with Crippen molar-refractivity contribution in [1.82, 2.24) is 0 Å². The third-order valence-electron chi connectivity index (χ3n) is 2.56. The summed E-state index contributed by atoms with van der Waals surface area (Å²) in [4.78, 5) is 10.8. The van der Waals surface area contributed by atoms with E-state index in [-0.39, 0.29) is 16.9 Å². The number of carboxylic acid groups (broad SMARTS) is 1. The third-order valence-corrected chi connectivity index (χ3v) is 2.56. The molecule has 0 bridgehead atoms. The second kappa shape index (κ2) is 5.55. The van der Waals surface area contributed by atoms with E-state index in [9.17, 15) is 4.79 Å². The summed E-state index contributed by atoms with van der Waals surface area (Å²) in [5, 5.41) is 26.6. The summed E-state index contributed by atoms with van der Waals surface area (Å²) in [5.41, 5.74) is 0.655. The fourth-order valence-corrected chi connectivity index (χ4v) is 1.56. The first-order valence-electron chi connectivity index (χ1n) is 5.59. The molecule has 0 saturated carbocycles. The van der Waals surface area contributed by atoms with Gasteiger partial charge in [0.15, 0.2) is 0 Å². The van der Waals surface area contributed by atoms with Crippen LogP contribution in [0.1, 0.15) is 21.5 Å². The van der Waals surface area contributed by atoms with Crippen molar-refractivity contribution in [3.05, 3.63) is 59.2 Å². The van der Waals surface area contributed by atoms with Gasteiger partial charge in [-0.15, -0.1) is 0 Å². The second-order valence-corrected chi connectivity index (χ2v) is 3.87. The zero-order valence-electron chi connectivity index (χ0n) is 10.2. The molecular formula is C15H8N2O3. The summed E-state index contributed by atoms with van der Waals surface area (Å²) in [6, 6.07) is 14.3.